The first-order valence-electron chi connectivity index (χ1n) is 7.82. The van der Waals surface area contributed by atoms with Crippen LogP contribution in [-0.2, 0) is 14.6 Å². The predicted molar refractivity (Wildman–Crippen MR) is 88.6 cm³/mol. The van der Waals surface area contributed by atoms with E-state index in [9.17, 15) is 18.3 Å². The highest BCUT2D eigenvalue weighted by atomic mass is 32.2. The minimum Gasteiger partial charge on any atom is -0.481 e. The lowest BCUT2D eigenvalue weighted by molar-refractivity contribution is -0.138. The maximum Gasteiger partial charge on any atom is 0.308 e. The van der Waals surface area contributed by atoms with Gasteiger partial charge in [0.2, 0.25) is 6.79 Å². The minimum absolute atomic E-state index is 0.108. The molecule has 1 N–H and O–H groups in total. The number of rotatable bonds is 4. The van der Waals surface area contributed by atoms with Gasteiger partial charge >= 0.3 is 5.97 Å². The molecule has 0 saturated heterocycles. The molecule has 130 valence electrons. The van der Waals surface area contributed by atoms with Gasteiger partial charge in [0.1, 0.15) is 0 Å². The second-order valence-corrected chi connectivity index (χ2v) is 8.43. The smallest absolute Gasteiger partial charge is 0.308 e. The van der Waals surface area contributed by atoms with E-state index in [1.54, 1.807) is 30.3 Å². The first-order chi connectivity index (χ1) is 11.9. The van der Waals surface area contributed by atoms with Crippen LogP contribution in [0.15, 0.2) is 47.4 Å². The van der Waals surface area contributed by atoms with E-state index in [1.165, 1.54) is 12.1 Å². The predicted octanol–water partition coefficient (Wildman–Crippen LogP) is 2.36. The molecule has 0 radical (unpaired) electrons. The average Bonchev–Trinajstić information content (AvgIpc) is 3.18. The molecule has 4 rings (SSSR count). The summed E-state index contributed by atoms with van der Waals surface area (Å²) < 4.78 is 36.4. The first kappa shape index (κ1) is 16.0. The third kappa shape index (κ3) is 2.55. The van der Waals surface area contributed by atoms with Gasteiger partial charge in [-0.3, -0.25) is 4.79 Å². The maximum atomic E-state index is 12.9. The van der Waals surface area contributed by atoms with Crippen LogP contribution >= 0.6 is 0 Å². The molecule has 0 bridgehead atoms. The van der Waals surface area contributed by atoms with Gasteiger partial charge in [0, 0.05) is 5.92 Å². The molecule has 25 heavy (non-hydrogen) atoms. The van der Waals surface area contributed by atoms with Gasteiger partial charge in [0.25, 0.3) is 0 Å². The molecule has 2 aromatic rings. The van der Waals surface area contributed by atoms with Crippen molar-refractivity contribution in [3.8, 4) is 11.5 Å². The fraction of sp³-hybridized carbons (Fsp3) is 0.278. The fourth-order valence-corrected chi connectivity index (χ4v) is 5.49. The van der Waals surface area contributed by atoms with Crippen LogP contribution in [0.3, 0.4) is 0 Å². The van der Waals surface area contributed by atoms with Crippen molar-refractivity contribution < 1.29 is 27.8 Å². The molecule has 0 spiro atoms. The van der Waals surface area contributed by atoms with E-state index < -0.39 is 32.9 Å². The number of hydrogen-bond acceptors (Lipinski definition) is 5. The summed E-state index contributed by atoms with van der Waals surface area (Å²) in [6.45, 7) is 1.97. The summed E-state index contributed by atoms with van der Waals surface area (Å²) in [6, 6.07) is 11.5. The van der Waals surface area contributed by atoms with Crippen molar-refractivity contribution in [3.63, 3.8) is 0 Å². The molecule has 6 nitrogen and oxygen atoms in total. The van der Waals surface area contributed by atoms with Gasteiger partial charge in [-0.1, -0.05) is 23.8 Å². The molecule has 0 amide bonds. The Kier molecular flexibility index (Phi) is 3.50. The van der Waals surface area contributed by atoms with Crippen LogP contribution < -0.4 is 9.47 Å². The zero-order chi connectivity index (χ0) is 17.8. The van der Waals surface area contributed by atoms with E-state index in [-0.39, 0.29) is 11.7 Å². The van der Waals surface area contributed by atoms with Crippen LogP contribution in [0.1, 0.15) is 17.0 Å². The Morgan fingerprint density at radius 3 is 2.44 bits per heavy atom. The number of fused-ring (bicyclic) bond motifs is 1. The van der Waals surface area contributed by atoms with Crippen molar-refractivity contribution in [3.05, 3.63) is 53.6 Å². The van der Waals surface area contributed by atoms with Crippen LogP contribution in [-0.4, -0.2) is 31.5 Å². The highest BCUT2D eigenvalue weighted by molar-refractivity contribution is 7.92. The molecule has 0 aromatic heterocycles. The number of carboxylic acids is 1. The van der Waals surface area contributed by atoms with Crippen molar-refractivity contribution in [2.75, 3.05) is 6.79 Å². The van der Waals surface area contributed by atoms with E-state index in [0.29, 0.717) is 17.1 Å². The standard InChI is InChI=1S/C18H16O6S/c1-10-2-5-12(6-3-10)25(21,22)17-15(16(17)18(19)20)11-4-7-13-14(8-11)24-9-23-13/h2-8,15-17H,9H2,1H3,(H,19,20)/t15-,16+,17+/m0/s1. The van der Waals surface area contributed by atoms with Crippen LogP contribution in [0.25, 0.3) is 0 Å². The number of hydrogen-bond donors (Lipinski definition) is 1. The van der Waals surface area contributed by atoms with Gasteiger partial charge in [-0.15, -0.1) is 0 Å². The van der Waals surface area contributed by atoms with Gasteiger partial charge in [-0.05, 0) is 36.8 Å². The van der Waals surface area contributed by atoms with E-state index in [0.717, 1.165) is 5.56 Å². The number of carboxylic acid groups (broad SMARTS) is 1. The molecule has 1 aliphatic carbocycles. The van der Waals surface area contributed by atoms with Gasteiger partial charge < -0.3 is 14.6 Å². The number of aryl methyl sites for hydroxylation is 1. The summed E-state index contributed by atoms with van der Waals surface area (Å²) in [5.74, 6) is -1.58. The zero-order valence-electron chi connectivity index (χ0n) is 13.4. The van der Waals surface area contributed by atoms with Gasteiger partial charge in [-0.2, -0.15) is 0 Å². The number of benzene rings is 2. The Hall–Kier alpha value is -2.54. The van der Waals surface area contributed by atoms with Crippen molar-refractivity contribution in [1.29, 1.82) is 0 Å². The number of ether oxygens (including phenoxy) is 2. The molecule has 7 heteroatoms. The molecule has 2 aliphatic rings. The molecule has 3 atom stereocenters. The van der Waals surface area contributed by atoms with Crippen molar-refractivity contribution >= 4 is 15.8 Å². The molecule has 1 saturated carbocycles. The molecule has 1 heterocycles. The summed E-state index contributed by atoms with van der Waals surface area (Å²) in [6.07, 6.45) is 0. The molecular formula is C18H16O6S. The van der Waals surface area contributed by atoms with Crippen LogP contribution in [0.2, 0.25) is 0 Å². The van der Waals surface area contributed by atoms with Crippen molar-refractivity contribution in [1.82, 2.24) is 0 Å². The van der Waals surface area contributed by atoms with E-state index in [4.69, 9.17) is 9.47 Å². The van der Waals surface area contributed by atoms with E-state index in [2.05, 4.69) is 0 Å². The normalized spacial score (nSPS) is 24.1. The summed E-state index contributed by atoms with van der Waals surface area (Å²) in [4.78, 5) is 11.8. The summed E-state index contributed by atoms with van der Waals surface area (Å²) in [7, 11) is -3.74. The molecule has 2 aromatic carbocycles. The lowest BCUT2D eigenvalue weighted by Gasteiger charge is -2.05. The highest BCUT2D eigenvalue weighted by Crippen LogP contribution is 2.55. The summed E-state index contributed by atoms with van der Waals surface area (Å²) in [5.41, 5.74) is 1.58. The Balaban J connectivity index is 1.71. The van der Waals surface area contributed by atoms with Gasteiger partial charge in [0.15, 0.2) is 21.3 Å². The first-order valence-corrected chi connectivity index (χ1v) is 9.37. The summed E-state index contributed by atoms with van der Waals surface area (Å²) >= 11 is 0. The monoisotopic (exact) mass is 360 g/mol. The molecule has 1 fully saturated rings. The largest absolute Gasteiger partial charge is 0.481 e. The van der Waals surface area contributed by atoms with E-state index >= 15 is 0 Å². The van der Waals surface area contributed by atoms with E-state index in [1.807, 2.05) is 6.92 Å². The second-order valence-electron chi connectivity index (χ2n) is 6.33. The van der Waals surface area contributed by atoms with Gasteiger partial charge in [-0.25, -0.2) is 8.42 Å². The third-order valence-corrected chi connectivity index (χ3v) is 6.96. The average molecular weight is 360 g/mol. The number of carbonyl (C=O) groups is 1. The Bertz CT molecular complexity index is 948. The second kappa shape index (κ2) is 5.49. The quantitative estimate of drug-likeness (QED) is 0.900. The zero-order valence-corrected chi connectivity index (χ0v) is 14.2. The number of sulfone groups is 1. The van der Waals surface area contributed by atoms with Crippen molar-refractivity contribution in [2.45, 2.75) is 23.0 Å². The third-order valence-electron chi connectivity index (χ3n) is 4.73. The Labute approximate surface area is 144 Å². The molecule has 1 aliphatic heterocycles. The SMILES string of the molecule is Cc1ccc(S(=O)(=O)[C@H]2[C@H](C(=O)O)[C@@H]2c2ccc3c(c2)OCO3)cc1. The Morgan fingerprint density at radius 2 is 1.76 bits per heavy atom. The summed E-state index contributed by atoms with van der Waals surface area (Å²) in [5, 5.41) is 8.50. The maximum absolute atomic E-state index is 12.9. The Morgan fingerprint density at radius 1 is 1.08 bits per heavy atom. The minimum atomic E-state index is -3.74. The number of aliphatic carboxylic acids is 1. The van der Waals surface area contributed by atoms with Crippen LogP contribution in [0.4, 0.5) is 0 Å². The highest BCUT2D eigenvalue weighted by Gasteiger charge is 2.63. The van der Waals surface area contributed by atoms with Crippen molar-refractivity contribution in [2.24, 2.45) is 5.92 Å². The van der Waals surface area contributed by atoms with Crippen LogP contribution in [0.5, 0.6) is 11.5 Å². The fourth-order valence-electron chi connectivity index (χ4n) is 3.37. The topological polar surface area (TPSA) is 89.9 Å². The lowest BCUT2D eigenvalue weighted by atomic mass is 10.1. The van der Waals surface area contributed by atoms with Crippen LogP contribution in [0, 0.1) is 12.8 Å². The lowest BCUT2D eigenvalue weighted by Crippen LogP contribution is -2.13. The molecule has 0 unspecified atom stereocenters. The van der Waals surface area contributed by atoms with Gasteiger partial charge in [0.05, 0.1) is 16.1 Å². The molecular weight excluding hydrogens is 344 g/mol.